The molecule has 0 bridgehead atoms. The summed E-state index contributed by atoms with van der Waals surface area (Å²) in [7, 11) is 1.95. The number of benzene rings is 1. The van der Waals surface area contributed by atoms with Crippen molar-refractivity contribution in [3.8, 4) is 11.5 Å². The first-order valence-electron chi connectivity index (χ1n) is 6.34. The molecule has 1 aliphatic rings. The van der Waals surface area contributed by atoms with Crippen molar-refractivity contribution in [1.29, 1.82) is 0 Å². The van der Waals surface area contributed by atoms with Gasteiger partial charge in [0.05, 0.1) is 24.2 Å². The number of hydrogen-bond acceptors (Lipinski definition) is 5. The third-order valence-electron chi connectivity index (χ3n) is 3.10. The highest BCUT2D eigenvalue weighted by molar-refractivity contribution is 5.79. The van der Waals surface area contributed by atoms with Crippen LogP contribution in [-0.4, -0.2) is 53.4 Å². The second-order valence-electron chi connectivity index (χ2n) is 4.66. The molecule has 6 nitrogen and oxygen atoms in total. The first-order chi connectivity index (χ1) is 9.26. The fourth-order valence-corrected chi connectivity index (χ4v) is 2.18. The minimum Gasteiger partial charge on any atom is -0.486 e. The smallest absolute Gasteiger partial charge is 0.163 e. The molecule has 2 aromatic rings. The molecule has 1 aromatic heterocycles. The van der Waals surface area contributed by atoms with Gasteiger partial charge in [0.15, 0.2) is 11.5 Å². The standard InChI is InChI=1S/C13H17N3O3/c1-16(2-3-17)8-13-14-9-6-11-12(7-10(9)15-13)19-5-4-18-11/h6-7,17H,2-5,8H2,1H3,(H,14,15). The number of aliphatic hydroxyl groups excluding tert-OH is 1. The van der Waals surface area contributed by atoms with Crippen LogP contribution in [0.3, 0.4) is 0 Å². The van der Waals surface area contributed by atoms with Crippen LogP contribution in [0.15, 0.2) is 12.1 Å². The van der Waals surface area contributed by atoms with Gasteiger partial charge < -0.3 is 19.6 Å². The Balaban J connectivity index is 1.88. The monoisotopic (exact) mass is 263 g/mol. The summed E-state index contributed by atoms with van der Waals surface area (Å²) < 4.78 is 11.1. The number of aromatic nitrogens is 2. The van der Waals surface area contributed by atoms with Crippen LogP contribution in [-0.2, 0) is 6.54 Å². The zero-order valence-electron chi connectivity index (χ0n) is 10.8. The van der Waals surface area contributed by atoms with Gasteiger partial charge in [0.1, 0.15) is 19.0 Å². The number of H-pyrrole nitrogens is 1. The van der Waals surface area contributed by atoms with E-state index >= 15 is 0 Å². The maximum atomic E-state index is 8.89. The van der Waals surface area contributed by atoms with E-state index in [2.05, 4.69) is 9.97 Å². The summed E-state index contributed by atoms with van der Waals surface area (Å²) in [6.45, 7) is 2.60. The molecule has 2 N–H and O–H groups in total. The SMILES string of the molecule is CN(CCO)Cc1nc2cc3c(cc2[nH]1)OCCO3. The molecule has 0 saturated carbocycles. The number of nitrogens with zero attached hydrogens (tertiary/aromatic N) is 2. The summed E-state index contributed by atoms with van der Waals surface area (Å²) in [6.07, 6.45) is 0. The number of ether oxygens (including phenoxy) is 2. The molecule has 0 spiro atoms. The summed E-state index contributed by atoms with van der Waals surface area (Å²) in [5.74, 6) is 2.38. The van der Waals surface area contributed by atoms with Gasteiger partial charge in [-0.15, -0.1) is 0 Å². The van der Waals surface area contributed by atoms with Crippen molar-refractivity contribution in [2.45, 2.75) is 6.54 Å². The van der Waals surface area contributed by atoms with Gasteiger partial charge in [0.25, 0.3) is 0 Å². The minimum absolute atomic E-state index is 0.146. The number of imidazole rings is 1. The van der Waals surface area contributed by atoms with Crippen LogP contribution in [0.5, 0.6) is 11.5 Å². The van der Waals surface area contributed by atoms with Crippen molar-refractivity contribution < 1.29 is 14.6 Å². The van der Waals surface area contributed by atoms with Gasteiger partial charge in [-0.3, -0.25) is 4.90 Å². The quantitative estimate of drug-likeness (QED) is 0.852. The average Bonchev–Trinajstić information content (AvgIpc) is 2.77. The van der Waals surface area contributed by atoms with Crippen LogP contribution >= 0.6 is 0 Å². The first kappa shape index (κ1) is 12.3. The number of fused-ring (bicyclic) bond motifs is 2. The molecule has 0 unspecified atom stereocenters. The average molecular weight is 263 g/mol. The van der Waals surface area contributed by atoms with E-state index in [1.807, 2.05) is 24.1 Å². The summed E-state index contributed by atoms with van der Waals surface area (Å²) in [5.41, 5.74) is 1.81. The fourth-order valence-electron chi connectivity index (χ4n) is 2.18. The molecule has 3 rings (SSSR count). The van der Waals surface area contributed by atoms with Gasteiger partial charge >= 0.3 is 0 Å². The van der Waals surface area contributed by atoms with Gasteiger partial charge in [0.2, 0.25) is 0 Å². The predicted octanol–water partition coefficient (Wildman–Crippen LogP) is 0.758. The predicted molar refractivity (Wildman–Crippen MR) is 70.5 cm³/mol. The Kier molecular flexibility index (Phi) is 3.27. The lowest BCUT2D eigenvalue weighted by Gasteiger charge is -2.17. The fraction of sp³-hybridized carbons (Fsp3) is 0.462. The van der Waals surface area contributed by atoms with Crippen LogP contribution in [0.4, 0.5) is 0 Å². The topological polar surface area (TPSA) is 70.6 Å². The van der Waals surface area contributed by atoms with E-state index in [0.717, 1.165) is 28.4 Å². The van der Waals surface area contributed by atoms with Gasteiger partial charge in [-0.2, -0.15) is 0 Å². The molecule has 0 atom stereocenters. The summed E-state index contributed by atoms with van der Waals surface area (Å²) in [6, 6.07) is 3.82. The van der Waals surface area contributed by atoms with Crippen LogP contribution in [0.1, 0.15) is 5.82 Å². The van der Waals surface area contributed by atoms with E-state index in [1.165, 1.54) is 0 Å². The Bertz CT molecular complexity index is 539. The lowest BCUT2D eigenvalue weighted by molar-refractivity contribution is 0.172. The Morgan fingerprint density at radius 2 is 2.05 bits per heavy atom. The van der Waals surface area contributed by atoms with Gasteiger partial charge in [-0.25, -0.2) is 4.98 Å². The van der Waals surface area contributed by atoms with Crippen LogP contribution in [0, 0.1) is 0 Å². The third-order valence-corrected chi connectivity index (χ3v) is 3.10. The lowest BCUT2D eigenvalue weighted by atomic mass is 10.2. The van der Waals surface area contributed by atoms with Gasteiger partial charge in [0, 0.05) is 18.7 Å². The van der Waals surface area contributed by atoms with Crippen molar-refractivity contribution in [3.05, 3.63) is 18.0 Å². The lowest BCUT2D eigenvalue weighted by Crippen LogP contribution is -2.22. The highest BCUT2D eigenvalue weighted by Crippen LogP contribution is 2.33. The molecular weight excluding hydrogens is 246 g/mol. The molecule has 0 radical (unpaired) electrons. The van der Waals surface area contributed by atoms with Crippen molar-refractivity contribution in [2.24, 2.45) is 0 Å². The van der Waals surface area contributed by atoms with Crippen molar-refractivity contribution >= 4 is 11.0 Å². The Hall–Kier alpha value is -1.79. The number of rotatable bonds is 4. The summed E-state index contributed by atoms with van der Waals surface area (Å²) >= 11 is 0. The van der Waals surface area contributed by atoms with Crippen LogP contribution in [0.25, 0.3) is 11.0 Å². The first-order valence-corrected chi connectivity index (χ1v) is 6.34. The van der Waals surface area contributed by atoms with E-state index in [-0.39, 0.29) is 6.61 Å². The normalized spacial score (nSPS) is 14.3. The molecule has 19 heavy (non-hydrogen) atoms. The Morgan fingerprint density at radius 3 is 2.79 bits per heavy atom. The number of likely N-dealkylation sites (N-methyl/N-ethyl adjacent to an activating group) is 1. The number of aromatic amines is 1. The molecule has 1 aromatic carbocycles. The van der Waals surface area contributed by atoms with Crippen LogP contribution < -0.4 is 9.47 Å². The molecule has 0 aliphatic carbocycles. The number of aliphatic hydroxyl groups is 1. The largest absolute Gasteiger partial charge is 0.486 e. The van der Waals surface area contributed by atoms with E-state index in [4.69, 9.17) is 14.6 Å². The maximum Gasteiger partial charge on any atom is 0.163 e. The molecule has 6 heteroatoms. The van der Waals surface area contributed by atoms with E-state index < -0.39 is 0 Å². The van der Waals surface area contributed by atoms with Gasteiger partial charge in [-0.1, -0.05) is 0 Å². The van der Waals surface area contributed by atoms with E-state index in [0.29, 0.717) is 26.3 Å². The van der Waals surface area contributed by atoms with Crippen LogP contribution in [0.2, 0.25) is 0 Å². The number of nitrogens with one attached hydrogen (secondary N) is 1. The second-order valence-corrected chi connectivity index (χ2v) is 4.66. The maximum absolute atomic E-state index is 8.89. The highest BCUT2D eigenvalue weighted by Gasteiger charge is 2.15. The van der Waals surface area contributed by atoms with Crippen molar-refractivity contribution in [1.82, 2.24) is 14.9 Å². The zero-order chi connectivity index (χ0) is 13.2. The Morgan fingerprint density at radius 1 is 1.32 bits per heavy atom. The molecule has 102 valence electrons. The molecule has 0 saturated heterocycles. The Labute approximate surface area is 111 Å². The van der Waals surface area contributed by atoms with Gasteiger partial charge in [-0.05, 0) is 7.05 Å². The number of hydrogen-bond donors (Lipinski definition) is 2. The third kappa shape index (κ3) is 2.50. The van der Waals surface area contributed by atoms with Crippen molar-refractivity contribution in [3.63, 3.8) is 0 Å². The molecule has 1 aliphatic heterocycles. The highest BCUT2D eigenvalue weighted by atomic mass is 16.6. The van der Waals surface area contributed by atoms with E-state index in [1.54, 1.807) is 0 Å². The van der Waals surface area contributed by atoms with E-state index in [9.17, 15) is 0 Å². The summed E-state index contributed by atoms with van der Waals surface area (Å²) in [4.78, 5) is 9.80. The second kappa shape index (κ2) is 5.07. The molecule has 0 amide bonds. The zero-order valence-corrected chi connectivity index (χ0v) is 10.8. The summed E-state index contributed by atoms with van der Waals surface area (Å²) in [5, 5.41) is 8.89. The van der Waals surface area contributed by atoms with Crippen molar-refractivity contribution in [2.75, 3.05) is 33.4 Å². The molecule has 2 heterocycles. The molecule has 0 fully saturated rings. The molecular formula is C13H17N3O3. The minimum atomic E-state index is 0.146.